The molecule has 0 radical (unpaired) electrons. The molecule has 0 N–H and O–H groups in total. The van der Waals surface area contributed by atoms with Crippen molar-refractivity contribution in [1.82, 2.24) is 0 Å². The molecule has 0 aliphatic carbocycles. The maximum absolute atomic E-state index is 11.4. The monoisotopic (exact) mass is 230 g/mol. The van der Waals surface area contributed by atoms with Gasteiger partial charge in [0.2, 0.25) is 0 Å². The van der Waals surface area contributed by atoms with Crippen molar-refractivity contribution >= 4 is 36.2 Å². The third-order valence-electron chi connectivity index (χ3n) is 1.67. The van der Waals surface area contributed by atoms with Crippen LogP contribution in [0.3, 0.4) is 0 Å². The molecule has 0 fully saturated rings. The van der Waals surface area contributed by atoms with Crippen LogP contribution in [-0.4, -0.2) is 18.9 Å². The van der Waals surface area contributed by atoms with E-state index in [0.29, 0.717) is 28.2 Å². The Morgan fingerprint density at radius 3 is 2.71 bits per heavy atom. The maximum Gasteiger partial charge on any atom is 0.340 e. The van der Waals surface area contributed by atoms with Crippen LogP contribution in [0, 0.1) is 6.92 Å². The molecule has 0 bridgehead atoms. The standard InChI is InChI=1S/C9H10O3S2/c1-3-12-9(11)7-5(2)14-6(4-10)8(7)13/h4,13H,3H2,1-2H3. The normalized spacial score (nSPS) is 9.93. The summed E-state index contributed by atoms with van der Waals surface area (Å²) in [6.07, 6.45) is 0.697. The Hall–Kier alpha value is -0.810. The number of carbonyl (C=O) groups excluding carboxylic acids is 2. The Bertz CT molecular complexity index is 368. The fourth-order valence-corrected chi connectivity index (χ4v) is 2.47. The van der Waals surface area contributed by atoms with E-state index >= 15 is 0 Å². The van der Waals surface area contributed by atoms with E-state index in [2.05, 4.69) is 12.6 Å². The molecule has 0 aromatic carbocycles. The zero-order valence-electron chi connectivity index (χ0n) is 7.86. The zero-order chi connectivity index (χ0) is 10.7. The van der Waals surface area contributed by atoms with Gasteiger partial charge in [0, 0.05) is 9.77 Å². The fraction of sp³-hybridized carbons (Fsp3) is 0.333. The summed E-state index contributed by atoms with van der Waals surface area (Å²) in [5.41, 5.74) is 0.405. The molecule has 76 valence electrons. The molecular weight excluding hydrogens is 220 g/mol. The molecule has 3 nitrogen and oxygen atoms in total. The second-order valence-corrected chi connectivity index (χ2v) is 4.29. The number of ether oxygens (including phenoxy) is 1. The van der Waals surface area contributed by atoms with Gasteiger partial charge < -0.3 is 4.74 Å². The molecular formula is C9H10O3S2. The number of aryl methyl sites for hydroxylation is 1. The van der Waals surface area contributed by atoms with Gasteiger partial charge in [0.1, 0.15) is 0 Å². The van der Waals surface area contributed by atoms with Crippen molar-refractivity contribution in [2.45, 2.75) is 18.7 Å². The van der Waals surface area contributed by atoms with E-state index in [1.54, 1.807) is 13.8 Å². The number of carbonyl (C=O) groups is 2. The van der Waals surface area contributed by atoms with Gasteiger partial charge in [-0.05, 0) is 13.8 Å². The number of hydrogen-bond acceptors (Lipinski definition) is 5. The predicted molar refractivity (Wildman–Crippen MR) is 57.7 cm³/mol. The van der Waals surface area contributed by atoms with E-state index in [9.17, 15) is 9.59 Å². The highest BCUT2D eigenvalue weighted by Crippen LogP contribution is 2.30. The lowest BCUT2D eigenvalue weighted by Gasteiger charge is -2.01. The van der Waals surface area contributed by atoms with E-state index < -0.39 is 5.97 Å². The van der Waals surface area contributed by atoms with Gasteiger partial charge in [-0.15, -0.1) is 24.0 Å². The Morgan fingerprint density at radius 1 is 1.64 bits per heavy atom. The van der Waals surface area contributed by atoms with Gasteiger partial charge >= 0.3 is 5.97 Å². The molecule has 5 heteroatoms. The van der Waals surface area contributed by atoms with E-state index in [1.807, 2.05) is 0 Å². The van der Waals surface area contributed by atoms with Crippen molar-refractivity contribution < 1.29 is 14.3 Å². The number of thiophene rings is 1. The summed E-state index contributed by atoms with van der Waals surface area (Å²) in [7, 11) is 0. The smallest absolute Gasteiger partial charge is 0.340 e. The summed E-state index contributed by atoms with van der Waals surface area (Å²) in [5.74, 6) is -0.417. The van der Waals surface area contributed by atoms with Crippen LogP contribution in [0.1, 0.15) is 31.8 Å². The van der Waals surface area contributed by atoms with Gasteiger partial charge in [0.05, 0.1) is 17.0 Å². The maximum atomic E-state index is 11.4. The first-order chi connectivity index (χ1) is 6.61. The molecule has 0 saturated heterocycles. The second kappa shape index (κ2) is 4.61. The number of aldehydes is 1. The first-order valence-electron chi connectivity index (χ1n) is 4.06. The Kier molecular flexibility index (Phi) is 3.71. The number of thiol groups is 1. The molecule has 1 aromatic heterocycles. The lowest BCUT2D eigenvalue weighted by atomic mass is 10.2. The number of esters is 1. The van der Waals surface area contributed by atoms with E-state index in [-0.39, 0.29) is 0 Å². The summed E-state index contributed by atoms with van der Waals surface area (Å²) < 4.78 is 4.85. The molecule has 0 unspecified atom stereocenters. The van der Waals surface area contributed by atoms with Crippen LogP contribution in [0.2, 0.25) is 0 Å². The lowest BCUT2D eigenvalue weighted by Crippen LogP contribution is -2.05. The second-order valence-electron chi connectivity index (χ2n) is 2.58. The molecule has 0 amide bonds. The molecule has 0 spiro atoms. The van der Waals surface area contributed by atoms with Gasteiger partial charge in [-0.3, -0.25) is 4.79 Å². The fourth-order valence-electron chi connectivity index (χ4n) is 1.08. The molecule has 1 heterocycles. The number of hydrogen-bond donors (Lipinski definition) is 1. The van der Waals surface area contributed by atoms with Crippen LogP contribution in [0.4, 0.5) is 0 Å². The van der Waals surface area contributed by atoms with Gasteiger partial charge in [-0.1, -0.05) is 0 Å². The van der Waals surface area contributed by atoms with Crippen molar-refractivity contribution in [2.75, 3.05) is 6.61 Å². The van der Waals surface area contributed by atoms with E-state index in [4.69, 9.17) is 4.74 Å². The molecule has 0 atom stereocenters. The van der Waals surface area contributed by atoms with Gasteiger partial charge in [0.25, 0.3) is 0 Å². The Balaban J connectivity index is 3.13. The summed E-state index contributed by atoms with van der Waals surface area (Å²) in [6.45, 7) is 3.82. The highest BCUT2D eigenvalue weighted by molar-refractivity contribution is 7.80. The third kappa shape index (κ3) is 1.99. The van der Waals surface area contributed by atoms with Crippen molar-refractivity contribution in [3.8, 4) is 0 Å². The zero-order valence-corrected chi connectivity index (χ0v) is 9.58. The average Bonchev–Trinajstić information content (AvgIpc) is 2.41. The summed E-state index contributed by atoms with van der Waals surface area (Å²) in [4.78, 5) is 23.7. The van der Waals surface area contributed by atoms with Gasteiger partial charge in [-0.25, -0.2) is 4.79 Å². The highest BCUT2D eigenvalue weighted by atomic mass is 32.1. The largest absolute Gasteiger partial charge is 0.462 e. The topological polar surface area (TPSA) is 43.4 Å². The minimum absolute atomic E-state index is 0.317. The molecule has 0 aliphatic rings. The van der Waals surface area contributed by atoms with Crippen LogP contribution in [0.15, 0.2) is 4.90 Å². The summed E-state index contributed by atoms with van der Waals surface area (Å²) in [5, 5.41) is 0. The van der Waals surface area contributed by atoms with Crippen LogP contribution in [-0.2, 0) is 4.74 Å². The van der Waals surface area contributed by atoms with Crippen molar-refractivity contribution in [3.05, 3.63) is 15.3 Å². The Labute approximate surface area is 91.5 Å². The van der Waals surface area contributed by atoms with Crippen molar-refractivity contribution in [2.24, 2.45) is 0 Å². The summed E-state index contributed by atoms with van der Waals surface area (Å²) in [6, 6.07) is 0. The highest BCUT2D eigenvalue weighted by Gasteiger charge is 2.19. The molecule has 1 rings (SSSR count). The summed E-state index contributed by atoms with van der Waals surface area (Å²) >= 11 is 5.37. The number of rotatable bonds is 3. The molecule has 14 heavy (non-hydrogen) atoms. The minimum atomic E-state index is -0.417. The first-order valence-corrected chi connectivity index (χ1v) is 5.32. The van der Waals surface area contributed by atoms with Crippen LogP contribution >= 0.6 is 24.0 Å². The average molecular weight is 230 g/mol. The minimum Gasteiger partial charge on any atom is -0.462 e. The Morgan fingerprint density at radius 2 is 2.29 bits per heavy atom. The van der Waals surface area contributed by atoms with Crippen LogP contribution in [0.25, 0.3) is 0 Å². The predicted octanol–water partition coefficient (Wildman–Crippen LogP) is 2.33. The molecule has 1 aromatic rings. The quantitative estimate of drug-likeness (QED) is 0.492. The van der Waals surface area contributed by atoms with E-state index in [0.717, 1.165) is 4.88 Å². The van der Waals surface area contributed by atoms with Crippen molar-refractivity contribution in [1.29, 1.82) is 0 Å². The van der Waals surface area contributed by atoms with Crippen LogP contribution < -0.4 is 0 Å². The van der Waals surface area contributed by atoms with E-state index in [1.165, 1.54) is 11.3 Å². The van der Waals surface area contributed by atoms with Crippen molar-refractivity contribution in [3.63, 3.8) is 0 Å². The third-order valence-corrected chi connectivity index (χ3v) is 3.32. The SMILES string of the molecule is CCOC(=O)c1c(C)sc(C=O)c1S. The molecule has 0 saturated carbocycles. The molecule has 0 aliphatic heterocycles. The van der Waals surface area contributed by atoms with Gasteiger partial charge in [-0.2, -0.15) is 0 Å². The van der Waals surface area contributed by atoms with Gasteiger partial charge in [0.15, 0.2) is 6.29 Å². The first kappa shape index (κ1) is 11.3. The van der Waals surface area contributed by atoms with Crippen LogP contribution in [0.5, 0.6) is 0 Å². The lowest BCUT2D eigenvalue weighted by molar-refractivity contribution is 0.0522.